The molecule has 84 valence electrons. The van der Waals surface area contributed by atoms with Gasteiger partial charge in [-0.05, 0) is 23.6 Å². The van der Waals surface area contributed by atoms with Gasteiger partial charge in [-0.25, -0.2) is 0 Å². The van der Waals surface area contributed by atoms with Crippen molar-refractivity contribution in [2.45, 2.75) is 18.9 Å². The van der Waals surface area contributed by atoms with Crippen LogP contribution in [0.15, 0.2) is 36.5 Å². The third kappa shape index (κ3) is 1.92. The van der Waals surface area contributed by atoms with E-state index in [2.05, 4.69) is 24.0 Å². The molecule has 2 aromatic rings. The Labute approximate surface area is 95.5 Å². The molecule has 3 nitrogen and oxygen atoms in total. The standard InChI is InChI=1S/C13H17N3/c1-9(12(15)8-14)10-4-2-6-13-11(10)5-3-7-16-13/h2-7,9,12H,8,14-15H2,1H3/t9-,12+/m1/s1. The summed E-state index contributed by atoms with van der Waals surface area (Å²) >= 11 is 0. The van der Waals surface area contributed by atoms with Crippen molar-refractivity contribution in [3.8, 4) is 0 Å². The molecule has 0 unspecified atom stereocenters. The molecule has 0 bridgehead atoms. The van der Waals surface area contributed by atoms with E-state index in [0.717, 1.165) is 5.52 Å². The first-order valence-electron chi connectivity index (χ1n) is 5.53. The fraction of sp³-hybridized carbons (Fsp3) is 0.308. The van der Waals surface area contributed by atoms with Crippen molar-refractivity contribution in [1.29, 1.82) is 0 Å². The number of rotatable bonds is 3. The average molecular weight is 215 g/mol. The van der Waals surface area contributed by atoms with E-state index in [1.165, 1.54) is 10.9 Å². The first-order valence-corrected chi connectivity index (χ1v) is 5.53. The lowest BCUT2D eigenvalue weighted by Gasteiger charge is -2.20. The molecule has 2 rings (SSSR count). The van der Waals surface area contributed by atoms with Crippen LogP contribution in [-0.2, 0) is 0 Å². The highest BCUT2D eigenvalue weighted by Gasteiger charge is 2.15. The molecule has 3 heteroatoms. The monoisotopic (exact) mass is 215 g/mol. The lowest BCUT2D eigenvalue weighted by Crippen LogP contribution is -2.34. The Hall–Kier alpha value is -1.45. The lowest BCUT2D eigenvalue weighted by molar-refractivity contribution is 0.579. The van der Waals surface area contributed by atoms with Crippen molar-refractivity contribution in [3.63, 3.8) is 0 Å². The van der Waals surface area contributed by atoms with Gasteiger partial charge in [-0.3, -0.25) is 4.98 Å². The summed E-state index contributed by atoms with van der Waals surface area (Å²) < 4.78 is 0. The van der Waals surface area contributed by atoms with E-state index in [1.54, 1.807) is 6.20 Å². The van der Waals surface area contributed by atoms with Crippen LogP contribution in [-0.4, -0.2) is 17.6 Å². The quantitative estimate of drug-likeness (QED) is 0.817. The van der Waals surface area contributed by atoms with Gasteiger partial charge in [0.2, 0.25) is 0 Å². The molecule has 0 amide bonds. The van der Waals surface area contributed by atoms with Crippen LogP contribution in [0, 0.1) is 0 Å². The molecule has 1 aromatic heterocycles. The van der Waals surface area contributed by atoms with Crippen molar-refractivity contribution in [2.75, 3.05) is 6.54 Å². The summed E-state index contributed by atoms with van der Waals surface area (Å²) in [6.45, 7) is 2.61. The lowest BCUT2D eigenvalue weighted by atomic mass is 9.91. The molecule has 0 saturated heterocycles. The van der Waals surface area contributed by atoms with E-state index < -0.39 is 0 Å². The summed E-state index contributed by atoms with van der Waals surface area (Å²) in [6, 6.07) is 10.2. The number of nitrogens with zero attached hydrogens (tertiary/aromatic N) is 1. The summed E-state index contributed by atoms with van der Waals surface area (Å²) in [6.07, 6.45) is 1.81. The Bertz CT molecular complexity index is 476. The van der Waals surface area contributed by atoms with Crippen LogP contribution < -0.4 is 11.5 Å². The number of hydrogen-bond acceptors (Lipinski definition) is 3. The van der Waals surface area contributed by atoms with Crippen molar-refractivity contribution in [3.05, 3.63) is 42.1 Å². The molecule has 1 aromatic carbocycles. The minimum absolute atomic E-state index is 0.00851. The van der Waals surface area contributed by atoms with E-state index in [-0.39, 0.29) is 12.0 Å². The molecule has 0 fully saturated rings. The van der Waals surface area contributed by atoms with Gasteiger partial charge in [0.25, 0.3) is 0 Å². The Balaban J connectivity index is 2.52. The predicted molar refractivity (Wildman–Crippen MR) is 67.2 cm³/mol. The third-order valence-corrected chi connectivity index (χ3v) is 3.08. The summed E-state index contributed by atoms with van der Waals surface area (Å²) in [5.74, 6) is 0.248. The first kappa shape index (κ1) is 11.0. The Morgan fingerprint density at radius 3 is 2.81 bits per heavy atom. The smallest absolute Gasteiger partial charge is 0.0704 e. The van der Waals surface area contributed by atoms with E-state index in [0.29, 0.717) is 6.54 Å². The normalized spacial score (nSPS) is 14.9. The summed E-state index contributed by atoms with van der Waals surface area (Å²) in [4.78, 5) is 4.34. The molecule has 0 spiro atoms. The van der Waals surface area contributed by atoms with Gasteiger partial charge in [0, 0.05) is 24.2 Å². The molecule has 0 saturated carbocycles. The molecule has 0 radical (unpaired) electrons. The minimum Gasteiger partial charge on any atom is -0.329 e. The molecule has 16 heavy (non-hydrogen) atoms. The van der Waals surface area contributed by atoms with Gasteiger partial charge in [0.15, 0.2) is 0 Å². The number of nitrogens with two attached hydrogens (primary N) is 2. The van der Waals surface area contributed by atoms with Crippen molar-refractivity contribution in [2.24, 2.45) is 11.5 Å². The number of fused-ring (bicyclic) bond motifs is 1. The highest BCUT2D eigenvalue weighted by atomic mass is 14.7. The molecule has 0 aliphatic rings. The zero-order valence-corrected chi connectivity index (χ0v) is 9.43. The van der Waals surface area contributed by atoms with E-state index in [1.807, 2.05) is 18.2 Å². The molecule has 4 N–H and O–H groups in total. The van der Waals surface area contributed by atoms with Crippen LogP contribution in [0.4, 0.5) is 0 Å². The highest BCUT2D eigenvalue weighted by molar-refractivity contribution is 5.82. The molecular formula is C13H17N3. The van der Waals surface area contributed by atoms with Gasteiger partial charge in [0.05, 0.1) is 5.52 Å². The van der Waals surface area contributed by atoms with Gasteiger partial charge in [-0.2, -0.15) is 0 Å². The van der Waals surface area contributed by atoms with Gasteiger partial charge in [0.1, 0.15) is 0 Å². The summed E-state index contributed by atoms with van der Waals surface area (Å²) in [7, 11) is 0. The van der Waals surface area contributed by atoms with Crippen LogP contribution in [0.1, 0.15) is 18.4 Å². The fourth-order valence-corrected chi connectivity index (χ4v) is 1.96. The van der Waals surface area contributed by atoms with Crippen molar-refractivity contribution in [1.82, 2.24) is 4.98 Å². The molecule has 1 heterocycles. The van der Waals surface area contributed by atoms with Crippen molar-refractivity contribution < 1.29 is 0 Å². The molecular weight excluding hydrogens is 198 g/mol. The van der Waals surface area contributed by atoms with Crippen LogP contribution >= 0.6 is 0 Å². The predicted octanol–water partition coefficient (Wildman–Crippen LogP) is 1.62. The minimum atomic E-state index is -0.00851. The maximum atomic E-state index is 5.99. The highest BCUT2D eigenvalue weighted by Crippen LogP contribution is 2.25. The van der Waals surface area contributed by atoms with Crippen LogP contribution in [0.2, 0.25) is 0 Å². The molecule has 0 aliphatic carbocycles. The Morgan fingerprint density at radius 1 is 1.25 bits per heavy atom. The van der Waals surface area contributed by atoms with E-state index in [9.17, 15) is 0 Å². The van der Waals surface area contributed by atoms with Crippen LogP contribution in [0.25, 0.3) is 10.9 Å². The van der Waals surface area contributed by atoms with Gasteiger partial charge < -0.3 is 11.5 Å². The second-order valence-corrected chi connectivity index (χ2v) is 4.11. The van der Waals surface area contributed by atoms with Crippen LogP contribution in [0.5, 0.6) is 0 Å². The van der Waals surface area contributed by atoms with E-state index >= 15 is 0 Å². The summed E-state index contributed by atoms with van der Waals surface area (Å²) in [5.41, 5.74) is 13.8. The third-order valence-electron chi connectivity index (χ3n) is 3.08. The van der Waals surface area contributed by atoms with E-state index in [4.69, 9.17) is 11.5 Å². The SMILES string of the molecule is C[C@H](c1cccc2ncccc12)[C@@H](N)CN. The van der Waals surface area contributed by atoms with Crippen LogP contribution in [0.3, 0.4) is 0 Å². The number of pyridine rings is 1. The zero-order chi connectivity index (χ0) is 11.5. The number of benzene rings is 1. The second kappa shape index (κ2) is 4.60. The average Bonchev–Trinajstić information content (AvgIpc) is 2.36. The number of aromatic nitrogens is 1. The van der Waals surface area contributed by atoms with Crippen molar-refractivity contribution >= 4 is 10.9 Å². The molecule has 0 aliphatic heterocycles. The van der Waals surface area contributed by atoms with Gasteiger partial charge in [-0.15, -0.1) is 0 Å². The maximum absolute atomic E-state index is 5.99. The van der Waals surface area contributed by atoms with Gasteiger partial charge >= 0.3 is 0 Å². The Kier molecular flexibility index (Phi) is 3.17. The van der Waals surface area contributed by atoms with Gasteiger partial charge in [-0.1, -0.05) is 25.1 Å². The first-order chi connectivity index (χ1) is 7.74. The fourth-order valence-electron chi connectivity index (χ4n) is 1.96. The molecule has 2 atom stereocenters. The Morgan fingerprint density at radius 2 is 2.06 bits per heavy atom. The topological polar surface area (TPSA) is 64.9 Å². The largest absolute Gasteiger partial charge is 0.329 e. The maximum Gasteiger partial charge on any atom is 0.0704 e. The number of hydrogen-bond donors (Lipinski definition) is 2. The zero-order valence-electron chi connectivity index (χ0n) is 9.43. The second-order valence-electron chi connectivity index (χ2n) is 4.11. The summed E-state index contributed by atoms with van der Waals surface area (Å²) in [5, 5.41) is 1.17.